The van der Waals surface area contributed by atoms with Crippen molar-refractivity contribution in [3.8, 4) is 0 Å². The molecule has 1 heterocycles. The van der Waals surface area contributed by atoms with Gasteiger partial charge in [-0.2, -0.15) is 0 Å². The molecule has 0 amide bonds. The molecule has 0 saturated heterocycles. The molecule has 4 heteroatoms. The van der Waals surface area contributed by atoms with Gasteiger partial charge in [0.25, 0.3) is 0 Å². The fourth-order valence-electron chi connectivity index (χ4n) is 3.66. The molecule has 2 nitrogen and oxygen atoms in total. The van der Waals surface area contributed by atoms with E-state index in [1.54, 1.807) is 11.3 Å². The number of rotatable bonds is 6. The maximum Gasteiger partial charge on any atom is 0.0931 e. The zero-order valence-corrected chi connectivity index (χ0v) is 15.3. The molecule has 0 radical (unpaired) electrons. The van der Waals surface area contributed by atoms with Crippen LogP contribution in [-0.2, 0) is 6.54 Å². The second kappa shape index (κ2) is 7.96. The number of halogens is 1. The van der Waals surface area contributed by atoms with Crippen LogP contribution in [0.25, 0.3) is 0 Å². The average molecular weight is 329 g/mol. The molecule has 1 aromatic heterocycles. The molecule has 0 bridgehead atoms. The summed E-state index contributed by atoms with van der Waals surface area (Å²) in [4.78, 5) is 3.82. The second-order valence-corrected chi connectivity index (χ2v) is 8.67. The summed E-state index contributed by atoms with van der Waals surface area (Å²) >= 11 is 7.72. The van der Waals surface area contributed by atoms with Crippen molar-refractivity contribution in [1.82, 2.24) is 10.2 Å². The van der Waals surface area contributed by atoms with Crippen LogP contribution in [0.1, 0.15) is 38.0 Å². The Bertz CT molecular complexity index is 432. The van der Waals surface area contributed by atoms with Crippen molar-refractivity contribution >= 4 is 22.9 Å². The molecule has 0 aromatic carbocycles. The smallest absolute Gasteiger partial charge is 0.0931 e. The van der Waals surface area contributed by atoms with Crippen LogP contribution in [0.2, 0.25) is 4.34 Å². The molecule has 0 spiro atoms. The first-order valence-electron chi connectivity index (χ1n) is 8.09. The Kier molecular flexibility index (Phi) is 6.54. The largest absolute Gasteiger partial charge is 0.317 e. The Balaban J connectivity index is 1.91. The third-order valence-corrected chi connectivity index (χ3v) is 6.15. The van der Waals surface area contributed by atoms with Gasteiger partial charge in [0, 0.05) is 24.0 Å². The van der Waals surface area contributed by atoms with E-state index < -0.39 is 0 Å². The summed E-state index contributed by atoms with van der Waals surface area (Å²) in [5.74, 6) is 2.47. The number of nitrogens with one attached hydrogen (secondary N) is 1. The molecule has 1 fully saturated rings. The lowest BCUT2D eigenvalue weighted by atomic mass is 9.73. The highest BCUT2D eigenvalue weighted by Crippen LogP contribution is 2.34. The molecule has 1 aromatic rings. The first-order chi connectivity index (χ1) is 9.99. The lowest BCUT2D eigenvalue weighted by molar-refractivity contribution is 0.134. The lowest BCUT2D eigenvalue weighted by Crippen LogP contribution is -2.44. The van der Waals surface area contributed by atoms with Crippen LogP contribution < -0.4 is 5.32 Å². The minimum absolute atomic E-state index is 0.675. The van der Waals surface area contributed by atoms with Crippen molar-refractivity contribution in [1.29, 1.82) is 0 Å². The number of nitrogens with zero attached hydrogens (tertiary/aromatic N) is 1. The van der Waals surface area contributed by atoms with Gasteiger partial charge in [-0.15, -0.1) is 11.3 Å². The third kappa shape index (κ3) is 4.95. The van der Waals surface area contributed by atoms with Crippen molar-refractivity contribution in [3.05, 3.63) is 21.3 Å². The number of hydrogen-bond donors (Lipinski definition) is 1. The summed E-state index contributed by atoms with van der Waals surface area (Å²) in [6, 6.07) is 4.83. The van der Waals surface area contributed by atoms with Crippen LogP contribution in [0.4, 0.5) is 0 Å². The Labute approximate surface area is 138 Å². The van der Waals surface area contributed by atoms with Gasteiger partial charge >= 0.3 is 0 Å². The predicted molar refractivity (Wildman–Crippen MR) is 94.2 cm³/mol. The first kappa shape index (κ1) is 17.3. The van der Waals surface area contributed by atoms with Gasteiger partial charge in [-0.25, -0.2) is 0 Å². The zero-order valence-electron chi connectivity index (χ0n) is 13.7. The van der Waals surface area contributed by atoms with E-state index in [9.17, 15) is 0 Å². The molecule has 1 aliphatic rings. The quantitative estimate of drug-likeness (QED) is 0.827. The van der Waals surface area contributed by atoms with Crippen LogP contribution in [0, 0.1) is 17.8 Å². The second-order valence-electron chi connectivity index (χ2n) is 6.87. The number of thiophene rings is 1. The Morgan fingerprint density at radius 1 is 1.38 bits per heavy atom. The van der Waals surface area contributed by atoms with Crippen LogP contribution in [-0.4, -0.2) is 31.6 Å². The van der Waals surface area contributed by atoms with Gasteiger partial charge in [-0.1, -0.05) is 25.4 Å². The zero-order chi connectivity index (χ0) is 15.4. The van der Waals surface area contributed by atoms with E-state index in [2.05, 4.69) is 44.2 Å². The van der Waals surface area contributed by atoms with E-state index >= 15 is 0 Å². The van der Waals surface area contributed by atoms with Crippen molar-refractivity contribution in [2.24, 2.45) is 17.8 Å². The molecule has 1 aliphatic carbocycles. The predicted octanol–water partition coefficient (Wildman–Crippen LogP) is 4.49. The van der Waals surface area contributed by atoms with Crippen LogP contribution in [0.15, 0.2) is 12.1 Å². The normalized spacial score (nSPS) is 26.7. The molecule has 3 atom stereocenters. The summed E-state index contributed by atoms with van der Waals surface area (Å²) < 4.78 is 0.893. The van der Waals surface area contributed by atoms with Crippen molar-refractivity contribution in [2.75, 3.05) is 20.6 Å². The topological polar surface area (TPSA) is 15.3 Å². The van der Waals surface area contributed by atoms with Crippen molar-refractivity contribution in [2.45, 2.75) is 45.7 Å². The Morgan fingerprint density at radius 2 is 2.14 bits per heavy atom. The molecule has 3 unspecified atom stereocenters. The van der Waals surface area contributed by atoms with Gasteiger partial charge in [0.2, 0.25) is 0 Å². The van der Waals surface area contributed by atoms with E-state index in [0.29, 0.717) is 6.04 Å². The number of hydrogen-bond acceptors (Lipinski definition) is 3. The first-order valence-corrected chi connectivity index (χ1v) is 9.29. The van der Waals surface area contributed by atoms with Crippen LogP contribution >= 0.6 is 22.9 Å². The van der Waals surface area contributed by atoms with Gasteiger partial charge in [0.15, 0.2) is 0 Å². The highest BCUT2D eigenvalue weighted by molar-refractivity contribution is 7.16. The van der Waals surface area contributed by atoms with E-state index in [1.807, 2.05) is 6.07 Å². The molecular weight excluding hydrogens is 300 g/mol. The molecule has 0 aliphatic heterocycles. The maximum atomic E-state index is 6.03. The molecular formula is C17H29ClN2S. The van der Waals surface area contributed by atoms with E-state index in [-0.39, 0.29) is 0 Å². The van der Waals surface area contributed by atoms with Gasteiger partial charge in [0.1, 0.15) is 0 Å². The monoisotopic (exact) mass is 328 g/mol. The standard InChI is InChI=1S/C17H29ClN2S/c1-12(2)13-5-7-16(19-3)14(9-13)10-20(4)11-15-6-8-17(18)21-15/h6,8,12-14,16,19H,5,7,9-11H2,1-4H3. The molecule has 2 rings (SSSR count). The molecule has 1 N–H and O–H groups in total. The molecule has 1 saturated carbocycles. The lowest BCUT2D eigenvalue weighted by Gasteiger charge is -2.39. The van der Waals surface area contributed by atoms with Gasteiger partial charge in [0.05, 0.1) is 4.34 Å². The third-order valence-electron chi connectivity index (χ3n) is 4.94. The van der Waals surface area contributed by atoms with E-state index in [0.717, 1.165) is 28.6 Å². The summed E-state index contributed by atoms with van der Waals surface area (Å²) in [5, 5.41) is 3.54. The van der Waals surface area contributed by atoms with Crippen LogP contribution in [0.5, 0.6) is 0 Å². The van der Waals surface area contributed by atoms with Crippen molar-refractivity contribution < 1.29 is 0 Å². The fraction of sp³-hybridized carbons (Fsp3) is 0.765. The van der Waals surface area contributed by atoms with Crippen LogP contribution in [0.3, 0.4) is 0 Å². The summed E-state index contributed by atoms with van der Waals surface area (Å²) in [6.07, 6.45) is 4.06. The fourth-order valence-corrected chi connectivity index (χ4v) is 4.82. The Hall–Kier alpha value is -0.0900. The van der Waals surface area contributed by atoms with Gasteiger partial charge < -0.3 is 10.2 Å². The highest BCUT2D eigenvalue weighted by atomic mass is 35.5. The molecule has 120 valence electrons. The highest BCUT2D eigenvalue weighted by Gasteiger charge is 2.31. The SMILES string of the molecule is CNC1CCC(C(C)C)CC1CN(C)Cc1ccc(Cl)s1. The summed E-state index contributed by atoms with van der Waals surface area (Å²) in [6.45, 7) is 6.93. The van der Waals surface area contributed by atoms with Gasteiger partial charge in [-0.05, 0) is 63.2 Å². The summed E-state index contributed by atoms with van der Waals surface area (Å²) in [7, 11) is 4.35. The summed E-state index contributed by atoms with van der Waals surface area (Å²) in [5.41, 5.74) is 0. The minimum Gasteiger partial charge on any atom is -0.317 e. The Morgan fingerprint density at radius 3 is 2.71 bits per heavy atom. The van der Waals surface area contributed by atoms with Crippen molar-refractivity contribution in [3.63, 3.8) is 0 Å². The van der Waals surface area contributed by atoms with Gasteiger partial charge in [-0.3, -0.25) is 0 Å². The average Bonchev–Trinajstić information content (AvgIpc) is 2.83. The maximum absolute atomic E-state index is 6.03. The van der Waals surface area contributed by atoms with E-state index in [4.69, 9.17) is 11.6 Å². The van der Waals surface area contributed by atoms with E-state index in [1.165, 1.54) is 30.7 Å². The molecule has 21 heavy (non-hydrogen) atoms. The minimum atomic E-state index is 0.675.